The number of amidine groups is 1. The van der Waals surface area contributed by atoms with E-state index in [2.05, 4.69) is 10.3 Å². The Morgan fingerprint density at radius 1 is 1.59 bits per heavy atom. The molecule has 1 aliphatic rings. The van der Waals surface area contributed by atoms with E-state index >= 15 is 0 Å². The van der Waals surface area contributed by atoms with Crippen LogP contribution in [0.3, 0.4) is 0 Å². The van der Waals surface area contributed by atoms with Gasteiger partial charge in [-0.15, -0.1) is 0 Å². The number of hydrogen-bond donors (Lipinski definition) is 1. The van der Waals surface area contributed by atoms with Crippen molar-refractivity contribution in [1.82, 2.24) is 0 Å². The van der Waals surface area contributed by atoms with Crippen LogP contribution in [0.1, 0.15) is 6.42 Å². The van der Waals surface area contributed by atoms with Gasteiger partial charge >= 0.3 is 0 Å². The second kappa shape index (κ2) is 6.28. The Labute approximate surface area is 111 Å². The van der Waals surface area contributed by atoms with Gasteiger partial charge in [0.25, 0.3) is 0 Å². The van der Waals surface area contributed by atoms with E-state index in [1.807, 2.05) is 24.3 Å². The Bertz CT molecular complexity index is 411. The van der Waals surface area contributed by atoms with Gasteiger partial charge in [0.15, 0.2) is 5.17 Å². The van der Waals surface area contributed by atoms with E-state index in [9.17, 15) is 0 Å². The summed E-state index contributed by atoms with van der Waals surface area (Å²) >= 11 is 7.67. The monoisotopic (exact) mass is 270 g/mol. The van der Waals surface area contributed by atoms with Gasteiger partial charge in [-0.05, 0) is 24.6 Å². The number of methoxy groups -OCH3 is 1. The molecule has 0 amide bonds. The first-order valence-corrected chi connectivity index (χ1v) is 6.86. The van der Waals surface area contributed by atoms with Crippen molar-refractivity contribution in [2.75, 3.05) is 24.8 Å². The van der Waals surface area contributed by atoms with Crippen LogP contribution in [0.4, 0.5) is 5.69 Å². The lowest BCUT2D eigenvalue weighted by atomic mass is 10.2. The van der Waals surface area contributed by atoms with Crippen LogP contribution in [-0.4, -0.2) is 30.7 Å². The lowest BCUT2D eigenvalue weighted by molar-refractivity contribution is 0.190. The molecule has 0 spiro atoms. The predicted octanol–water partition coefficient (Wildman–Crippen LogP) is 3.26. The van der Waals surface area contributed by atoms with E-state index in [0.717, 1.165) is 34.7 Å². The van der Waals surface area contributed by atoms with Gasteiger partial charge in [0.05, 0.1) is 6.04 Å². The number of ether oxygens (including phenoxy) is 1. The highest BCUT2D eigenvalue weighted by molar-refractivity contribution is 8.14. The van der Waals surface area contributed by atoms with Crippen molar-refractivity contribution in [3.05, 3.63) is 29.3 Å². The first-order valence-electron chi connectivity index (χ1n) is 5.50. The van der Waals surface area contributed by atoms with Gasteiger partial charge in [0, 0.05) is 30.2 Å². The molecule has 1 heterocycles. The van der Waals surface area contributed by atoms with E-state index < -0.39 is 0 Å². The maximum atomic E-state index is 5.92. The first kappa shape index (κ1) is 12.7. The smallest absolute Gasteiger partial charge is 0.161 e. The Balaban J connectivity index is 1.91. The minimum absolute atomic E-state index is 0.363. The summed E-state index contributed by atoms with van der Waals surface area (Å²) in [6.07, 6.45) is 0.976. The lowest BCUT2D eigenvalue weighted by Gasteiger charge is -2.04. The molecule has 0 radical (unpaired) electrons. The Kier molecular flexibility index (Phi) is 4.71. The highest BCUT2D eigenvalue weighted by atomic mass is 35.5. The fourth-order valence-electron chi connectivity index (χ4n) is 1.58. The van der Waals surface area contributed by atoms with E-state index in [-0.39, 0.29) is 0 Å². The third kappa shape index (κ3) is 3.91. The molecule has 17 heavy (non-hydrogen) atoms. The van der Waals surface area contributed by atoms with Gasteiger partial charge < -0.3 is 10.1 Å². The number of aliphatic imine (C=N–C) groups is 1. The minimum Gasteiger partial charge on any atom is -0.385 e. The number of thioether (sulfide) groups is 1. The molecular formula is C12H15ClN2OS. The number of benzene rings is 1. The fraction of sp³-hybridized carbons (Fsp3) is 0.417. The molecule has 1 aliphatic heterocycles. The molecule has 0 fully saturated rings. The number of rotatable bonds is 4. The summed E-state index contributed by atoms with van der Waals surface area (Å²) in [5.41, 5.74) is 0.983. The van der Waals surface area contributed by atoms with E-state index in [0.29, 0.717) is 6.04 Å². The van der Waals surface area contributed by atoms with Crippen molar-refractivity contribution in [3.63, 3.8) is 0 Å². The predicted molar refractivity (Wildman–Crippen MR) is 75.2 cm³/mol. The van der Waals surface area contributed by atoms with E-state index in [1.54, 1.807) is 18.9 Å². The molecule has 0 aliphatic carbocycles. The van der Waals surface area contributed by atoms with Gasteiger partial charge in [-0.25, -0.2) is 0 Å². The third-order valence-corrected chi connectivity index (χ3v) is 3.71. The number of anilines is 1. The molecule has 0 bridgehead atoms. The van der Waals surface area contributed by atoms with E-state index in [1.165, 1.54) is 0 Å². The summed E-state index contributed by atoms with van der Waals surface area (Å²) in [6, 6.07) is 8.02. The van der Waals surface area contributed by atoms with Crippen molar-refractivity contribution >= 4 is 34.2 Å². The van der Waals surface area contributed by atoms with Gasteiger partial charge in [-0.2, -0.15) is 0 Å². The standard InChI is InChI=1S/C12H15ClN2OS/c1-16-6-5-11-8-17-12(15-11)14-10-4-2-3-9(13)7-10/h2-4,7,11H,5-6,8H2,1H3,(H,14,15). The number of nitrogens with one attached hydrogen (secondary N) is 1. The minimum atomic E-state index is 0.363. The van der Waals surface area contributed by atoms with Gasteiger partial charge in [-0.3, -0.25) is 4.99 Å². The largest absolute Gasteiger partial charge is 0.385 e. The number of nitrogens with zero attached hydrogens (tertiary/aromatic N) is 1. The molecule has 1 aromatic carbocycles. The van der Waals surface area contributed by atoms with Gasteiger partial charge in [-0.1, -0.05) is 29.4 Å². The molecule has 2 rings (SSSR count). The summed E-state index contributed by atoms with van der Waals surface area (Å²) in [4.78, 5) is 4.60. The maximum Gasteiger partial charge on any atom is 0.161 e. The van der Waals surface area contributed by atoms with Crippen LogP contribution in [0, 0.1) is 0 Å². The average Bonchev–Trinajstić information content (AvgIpc) is 2.74. The molecule has 0 saturated carbocycles. The maximum absolute atomic E-state index is 5.92. The summed E-state index contributed by atoms with van der Waals surface area (Å²) < 4.78 is 5.06. The quantitative estimate of drug-likeness (QED) is 0.912. The zero-order valence-corrected chi connectivity index (χ0v) is 11.2. The number of halogens is 1. The second-order valence-electron chi connectivity index (χ2n) is 3.82. The first-order chi connectivity index (χ1) is 8.28. The van der Waals surface area contributed by atoms with Crippen molar-refractivity contribution in [2.24, 2.45) is 4.99 Å². The van der Waals surface area contributed by atoms with Crippen LogP contribution in [0.5, 0.6) is 0 Å². The fourth-order valence-corrected chi connectivity index (χ4v) is 2.77. The molecule has 3 nitrogen and oxygen atoms in total. The Morgan fingerprint density at radius 2 is 2.47 bits per heavy atom. The van der Waals surface area contributed by atoms with Crippen molar-refractivity contribution in [2.45, 2.75) is 12.5 Å². The van der Waals surface area contributed by atoms with Crippen molar-refractivity contribution < 1.29 is 4.74 Å². The molecule has 92 valence electrons. The zero-order chi connectivity index (χ0) is 12.1. The van der Waals surface area contributed by atoms with E-state index in [4.69, 9.17) is 16.3 Å². The number of hydrogen-bond acceptors (Lipinski definition) is 4. The van der Waals surface area contributed by atoms with Crippen LogP contribution in [-0.2, 0) is 4.74 Å². The van der Waals surface area contributed by atoms with Gasteiger partial charge in [0.2, 0.25) is 0 Å². The molecule has 1 atom stereocenters. The van der Waals surface area contributed by atoms with Crippen LogP contribution >= 0.6 is 23.4 Å². The Morgan fingerprint density at radius 3 is 3.24 bits per heavy atom. The SMILES string of the molecule is COCCC1CSC(Nc2cccc(Cl)c2)=N1. The Hall–Kier alpha value is -0.710. The normalized spacial score (nSPS) is 19.2. The van der Waals surface area contributed by atoms with Gasteiger partial charge in [0.1, 0.15) is 0 Å². The molecule has 1 aromatic rings. The topological polar surface area (TPSA) is 33.6 Å². The molecule has 1 unspecified atom stereocenters. The molecule has 0 aromatic heterocycles. The summed E-state index contributed by atoms with van der Waals surface area (Å²) in [5, 5.41) is 4.97. The van der Waals surface area contributed by atoms with Crippen LogP contribution < -0.4 is 5.32 Å². The summed E-state index contributed by atoms with van der Waals surface area (Å²) in [5.74, 6) is 1.02. The summed E-state index contributed by atoms with van der Waals surface area (Å²) in [6.45, 7) is 0.763. The molecule has 0 saturated heterocycles. The summed E-state index contributed by atoms with van der Waals surface area (Å²) in [7, 11) is 1.72. The average molecular weight is 271 g/mol. The van der Waals surface area contributed by atoms with Crippen LogP contribution in [0.25, 0.3) is 0 Å². The highest BCUT2D eigenvalue weighted by Crippen LogP contribution is 2.23. The highest BCUT2D eigenvalue weighted by Gasteiger charge is 2.17. The third-order valence-electron chi connectivity index (χ3n) is 2.44. The van der Waals surface area contributed by atoms with Crippen LogP contribution in [0.2, 0.25) is 5.02 Å². The lowest BCUT2D eigenvalue weighted by Crippen LogP contribution is -2.07. The molecule has 1 N–H and O–H groups in total. The molecular weight excluding hydrogens is 256 g/mol. The molecule has 5 heteroatoms. The van der Waals surface area contributed by atoms with Crippen molar-refractivity contribution in [1.29, 1.82) is 0 Å². The zero-order valence-electron chi connectivity index (χ0n) is 9.65. The van der Waals surface area contributed by atoms with Crippen molar-refractivity contribution in [3.8, 4) is 0 Å². The second-order valence-corrected chi connectivity index (χ2v) is 5.26. The van der Waals surface area contributed by atoms with Crippen LogP contribution in [0.15, 0.2) is 29.3 Å².